The van der Waals surface area contributed by atoms with Gasteiger partial charge in [-0.3, -0.25) is 14.9 Å². The van der Waals surface area contributed by atoms with Crippen LogP contribution in [-0.4, -0.2) is 32.9 Å². The first kappa shape index (κ1) is 12.2. The molecule has 0 spiro atoms. The van der Waals surface area contributed by atoms with Gasteiger partial charge < -0.3 is 10.6 Å². The van der Waals surface area contributed by atoms with Crippen LogP contribution in [0, 0.1) is 10.1 Å². The number of carbonyl (C=O) groups is 1. The van der Waals surface area contributed by atoms with Gasteiger partial charge in [-0.25, -0.2) is 9.97 Å². The van der Waals surface area contributed by atoms with Gasteiger partial charge in [0.15, 0.2) is 0 Å². The van der Waals surface area contributed by atoms with Crippen molar-refractivity contribution in [3.63, 3.8) is 0 Å². The minimum atomic E-state index is -0.576. The van der Waals surface area contributed by atoms with E-state index >= 15 is 0 Å². The van der Waals surface area contributed by atoms with E-state index < -0.39 is 11.0 Å². The molecule has 1 amide bonds. The molecule has 2 N–H and O–H groups in total. The number of hydrogen-bond donors (Lipinski definition) is 2. The van der Waals surface area contributed by atoms with E-state index in [9.17, 15) is 14.9 Å². The Balaban J connectivity index is 1.91. The molecule has 0 radical (unpaired) electrons. The summed E-state index contributed by atoms with van der Waals surface area (Å²) in [5.41, 5.74) is -0.185. The minimum Gasteiger partial charge on any atom is -0.352 e. The van der Waals surface area contributed by atoms with E-state index in [-0.39, 0.29) is 17.5 Å². The van der Waals surface area contributed by atoms with Crippen LogP contribution in [0.25, 0.3) is 0 Å². The molecule has 0 aromatic carbocycles. The second kappa shape index (κ2) is 4.94. The van der Waals surface area contributed by atoms with Crippen molar-refractivity contribution >= 4 is 17.5 Å². The molecule has 1 aromatic heterocycles. The van der Waals surface area contributed by atoms with Gasteiger partial charge in [-0.15, -0.1) is 0 Å². The van der Waals surface area contributed by atoms with E-state index in [0.717, 1.165) is 25.2 Å². The molecule has 1 aromatic rings. The van der Waals surface area contributed by atoms with Gasteiger partial charge in [0.05, 0.1) is 4.92 Å². The molecule has 1 saturated carbocycles. The topological polar surface area (TPSA) is 110 Å². The van der Waals surface area contributed by atoms with Crippen molar-refractivity contribution in [2.45, 2.75) is 31.8 Å². The molecule has 1 unspecified atom stereocenters. The Labute approximate surface area is 103 Å². The molecule has 2 rings (SSSR count). The maximum absolute atomic E-state index is 11.6. The molecule has 1 aliphatic rings. The van der Waals surface area contributed by atoms with E-state index in [1.54, 1.807) is 6.92 Å². The highest BCUT2D eigenvalue weighted by molar-refractivity contribution is 5.84. The van der Waals surface area contributed by atoms with Crippen LogP contribution in [0.3, 0.4) is 0 Å². The molecule has 0 bridgehead atoms. The van der Waals surface area contributed by atoms with Crippen LogP contribution in [0.4, 0.5) is 11.6 Å². The first-order chi connectivity index (χ1) is 8.56. The predicted molar refractivity (Wildman–Crippen MR) is 62.9 cm³/mol. The monoisotopic (exact) mass is 251 g/mol. The fourth-order valence-corrected chi connectivity index (χ4v) is 1.30. The number of aromatic nitrogens is 2. The van der Waals surface area contributed by atoms with Crippen LogP contribution < -0.4 is 10.6 Å². The summed E-state index contributed by atoms with van der Waals surface area (Å²) in [4.78, 5) is 29.0. The lowest BCUT2D eigenvalue weighted by Gasteiger charge is -2.13. The van der Waals surface area contributed by atoms with Crippen molar-refractivity contribution in [2.24, 2.45) is 0 Å². The number of hydrogen-bond acceptors (Lipinski definition) is 6. The van der Waals surface area contributed by atoms with Gasteiger partial charge in [0.1, 0.15) is 18.4 Å². The molecule has 96 valence electrons. The van der Waals surface area contributed by atoms with Crippen LogP contribution in [0.15, 0.2) is 12.4 Å². The number of rotatable bonds is 5. The second-order valence-corrected chi connectivity index (χ2v) is 4.17. The summed E-state index contributed by atoms with van der Waals surface area (Å²) in [7, 11) is 0. The Bertz CT molecular complexity index is 457. The fraction of sp³-hybridized carbons (Fsp3) is 0.500. The number of carbonyl (C=O) groups excluding carboxylic acids is 1. The van der Waals surface area contributed by atoms with Crippen molar-refractivity contribution in [1.82, 2.24) is 15.3 Å². The average Bonchev–Trinajstić information content (AvgIpc) is 3.13. The lowest BCUT2D eigenvalue weighted by molar-refractivity contribution is -0.385. The fourth-order valence-electron chi connectivity index (χ4n) is 1.30. The molecular formula is C10H13N5O3. The Morgan fingerprint density at radius 3 is 2.61 bits per heavy atom. The zero-order chi connectivity index (χ0) is 13.1. The molecular weight excluding hydrogens is 238 g/mol. The first-order valence-corrected chi connectivity index (χ1v) is 5.59. The van der Waals surface area contributed by atoms with E-state index in [0.29, 0.717) is 6.04 Å². The molecule has 8 heteroatoms. The normalized spacial score (nSPS) is 15.8. The van der Waals surface area contributed by atoms with Crippen LogP contribution in [0.2, 0.25) is 0 Å². The SMILES string of the molecule is CC(Nc1ncc([N+](=O)[O-])cn1)C(=O)NC1CC1. The number of nitrogens with zero attached hydrogens (tertiary/aromatic N) is 3. The average molecular weight is 251 g/mol. The number of nitrogens with one attached hydrogen (secondary N) is 2. The van der Waals surface area contributed by atoms with Gasteiger partial charge in [-0.05, 0) is 19.8 Å². The van der Waals surface area contributed by atoms with Gasteiger partial charge in [0, 0.05) is 6.04 Å². The van der Waals surface area contributed by atoms with E-state index in [1.807, 2.05) is 0 Å². The molecule has 1 aliphatic carbocycles. The van der Waals surface area contributed by atoms with Gasteiger partial charge >= 0.3 is 5.69 Å². The van der Waals surface area contributed by atoms with Gasteiger partial charge in [-0.2, -0.15) is 0 Å². The minimum absolute atomic E-state index is 0.126. The summed E-state index contributed by atoms with van der Waals surface area (Å²) in [6.45, 7) is 1.68. The van der Waals surface area contributed by atoms with E-state index in [4.69, 9.17) is 0 Å². The lowest BCUT2D eigenvalue weighted by Crippen LogP contribution is -2.39. The summed E-state index contributed by atoms with van der Waals surface area (Å²) in [5.74, 6) is 0.0681. The van der Waals surface area contributed by atoms with Gasteiger partial charge in [0.25, 0.3) is 0 Å². The van der Waals surface area contributed by atoms with Crippen molar-refractivity contribution in [3.8, 4) is 0 Å². The molecule has 18 heavy (non-hydrogen) atoms. The van der Waals surface area contributed by atoms with Gasteiger partial charge in [0.2, 0.25) is 11.9 Å². The molecule has 1 atom stereocenters. The van der Waals surface area contributed by atoms with Crippen molar-refractivity contribution < 1.29 is 9.72 Å². The first-order valence-electron chi connectivity index (χ1n) is 5.59. The smallest absolute Gasteiger partial charge is 0.305 e. The highest BCUT2D eigenvalue weighted by Gasteiger charge is 2.25. The Morgan fingerprint density at radius 2 is 2.11 bits per heavy atom. The Morgan fingerprint density at radius 1 is 1.50 bits per heavy atom. The quantitative estimate of drug-likeness (QED) is 0.581. The summed E-state index contributed by atoms with van der Waals surface area (Å²) < 4.78 is 0. The largest absolute Gasteiger partial charge is 0.352 e. The Kier molecular flexibility index (Phi) is 3.35. The molecule has 0 aliphatic heterocycles. The lowest BCUT2D eigenvalue weighted by atomic mass is 10.3. The number of amides is 1. The zero-order valence-electron chi connectivity index (χ0n) is 9.79. The van der Waals surface area contributed by atoms with Crippen molar-refractivity contribution in [3.05, 3.63) is 22.5 Å². The molecule has 8 nitrogen and oxygen atoms in total. The highest BCUT2D eigenvalue weighted by Crippen LogP contribution is 2.18. The maximum Gasteiger partial charge on any atom is 0.305 e. The molecule has 1 heterocycles. The third kappa shape index (κ3) is 3.12. The third-order valence-corrected chi connectivity index (χ3v) is 2.51. The number of nitro groups is 1. The molecule has 1 fully saturated rings. The van der Waals surface area contributed by atoms with Crippen LogP contribution in [-0.2, 0) is 4.79 Å². The Hall–Kier alpha value is -2.25. The van der Waals surface area contributed by atoms with Gasteiger partial charge in [-0.1, -0.05) is 0 Å². The van der Waals surface area contributed by atoms with E-state index in [2.05, 4.69) is 20.6 Å². The highest BCUT2D eigenvalue weighted by atomic mass is 16.6. The summed E-state index contributed by atoms with van der Waals surface area (Å²) in [6, 6.07) is -0.188. The van der Waals surface area contributed by atoms with Crippen LogP contribution in [0.5, 0.6) is 0 Å². The zero-order valence-corrected chi connectivity index (χ0v) is 9.79. The number of anilines is 1. The van der Waals surface area contributed by atoms with Crippen molar-refractivity contribution in [2.75, 3.05) is 5.32 Å². The standard InChI is InChI=1S/C10H13N5O3/c1-6(9(16)14-7-2-3-7)13-10-11-4-8(5-12-10)15(17)18/h4-7H,2-3H2,1H3,(H,14,16)(H,11,12,13). The predicted octanol–water partition coefficient (Wildman–Crippen LogP) is 0.464. The van der Waals surface area contributed by atoms with Crippen LogP contribution >= 0.6 is 0 Å². The third-order valence-electron chi connectivity index (χ3n) is 2.51. The summed E-state index contributed by atoms with van der Waals surface area (Å²) >= 11 is 0. The molecule has 0 saturated heterocycles. The second-order valence-electron chi connectivity index (χ2n) is 4.17. The van der Waals surface area contributed by atoms with E-state index in [1.165, 1.54) is 0 Å². The van der Waals surface area contributed by atoms with Crippen LogP contribution in [0.1, 0.15) is 19.8 Å². The maximum atomic E-state index is 11.6. The summed E-state index contributed by atoms with van der Waals surface area (Å²) in [5, 5.41) is 16.0. The van der Waals surface area contributed by atoms with Crippen molar-refractivity contribution in [1.29, 1.82) is 0 Å². The summed E-state index contributed by atoms with van der Waals surface area (Å²) in [6.07, 6.45) is 4.24.